The highest BCUT2D eigenvalue weighted by atomic mass is 35.5. The second-order valence-corrected chi connectivity index (χ2v) is 10.9. The normalized spacial score (nSPS) is 18.9. The van der Waals surface area contributed by atoms with Crippen LogP contribution in [0.5, 0.6) is 0 Å². The van der Waals surface area contributed by atoms with Crippen molar-refractivity contribution < 1.29 is 9.59 Å². The molecule has 0 unspecified atom stereocenters. The molecule has 3 amide bonds. The first-order valence-corrected chi connectivity index (χ1v) is 13.4. The molecule has 11 nitrogen and oxygen atoms in total. The lowest BCUT2D eigenvalue weighted by Gasteiger charge is -2.42. The Labute approximate surface area is 235 Å². The first-order chi connectivity index (χ1) is 18.0. The van der Waals surface area contributed by atoms with E-state index in [1.807, 2.05) is 31.2 Å². The van der Waals surface area contributed by atoms with Crippen LogP contribution in [0.4, 0.5) is 10.6 Å². The molecule has 1 atom stereocenters. The summed E-state index contributed by atoms with van der Waals surface area (Å²) >= 11 is 0. The smallest absolute Gasteiger partial charge is 0.337 e. The SMILES string of the molecule is CC[C@@H]1CN(C(=O)C(C)(C)N)CCN1C(=O)Nc1ccn(-c2ccc(CN3CCC(N)CC3)cc2)c(=O)n1.Cl. The van der Waals surface area contributed by atoms with Gasteiger partial charge in [-0.05, 0) is 70.0 Å². The molecule has 5 N–H and O–H groups in total. The minimum atomic E-state index is -0.959. The molecule has 1 aromatic carbocycles. The van der Waals surface area contributed by atoms with Crippen molar-refractivity contribution in [3.63, 3.8) is 0 Å². The van der Waals surface area contributed by atoms with E-state index in [1.165, 1.54) is 10.1 Å². The maximum absolute atomic E-state index is 13.0. The average Bonchev–Trinajstić information content (AvgIpc) is 2.89. The van der Waals surface area contributed by atoms with E-state index in [2.05, 4.69) is 15.2 Å². The van der Waals surface area contributed by atoms with Crippen molar-refractivity contribution in [2.24, 2.45) is 11.5 Å². The Morgan fingerprint density at radius 3 is 2.33 bits per heavy atom. The number of carbonyl (C=O) groups is 2. The molecular weight excluding hydrogens is 520 g/mol. The summed E-state index contributed by atoms with van der Waals surface area (Å²) in [6, 6.07) is 9.27. The third-order valence-electron chi connectivity index (χ3n) is 7.34. The van der Waals surface area contributed by atoms with Crippen LogP contribution in [0, 0.1) is 0 Å². The molecule has 0 radical (unpaired) electrons. The summed E-state index contributed by atoms with van der Waals surface area (Å²) < 4.78 is 1.45. The second-order valence-electron chi connectivity index (χ2n) is 10.9. The number of amides is 3. The van der Waals surface area contributed by atoms with Gasteiger partial charge < -0.3 is 21.3 Å². The maximum Gasteiger partial charge on any atom is 0.354 e. The van der Waals surface area contributed by atoms with Crippen LogP contribution < -0.4 is 22.5 Å². The van der Waals surface area contributed by atoms with Crippen LogP contribution in [0.25, 0.3) is 5.69 Å². The van der Waals surface area contributed by atoms with Gasteiger partial charge in [-0.3, -0.25) is 19.6 Å². The van der Waals surface area contributed by atoms with Crippen molar-refractivity contribution in [1.82, 2.24) is 24.3 Å². The van der Waals surface area contributed by atoms with Crippen LogP contribution in [-0.4, -0.2) is 86.5 Å². The predicted octanol–water partition coefficient (Wildman–Crippen LogP) is 1.77. The molecule has 2 aliphatic heterocycles. The Bertz CT molecular complexity index is 1190. The number of rotatable bonds is 6. The summed E-state index contributed by atoms with van der Waals surface area (Å²) in [5.74, 6) is 0.0539. The van der Waals surface area contributed by atoms with E-state index in [9.17, 15) is 14.4 Å². The van der Waals surface area contributed by atoms with E-state index < -0.39 is 11.2 Å². The van der Waals surface area contributed by atoms with Gasteiger partial charge in [-0.25, -0.2) is 9.59 Å². The fourth-order valence-corrected chi connectivity index (χ4v) is 5.05. The predicted molar refractivity (Wildman–Crippen MR) is 154 cm³/mol. The lowest BCUT2D eigenvalue weighted by molar-refractivity contribution is -0.138. The molecule has 1 aromatic heterocycles. The van der Waals surface area contributed by atoms with Crippen LogP contribution in [0.1, 0.15) is 45.6 Å². The van der Waals surface area contributed by atoms with E-state index in [4.69, 9.17) is 11.5 Å². The van der Waals surface area contributed by atoms with Gasteiger partial charge in [0.25, 0.3) is 0 Å². The zero-order valence-corrected chi connectivity index (χ0v) is 23.8. The number of nitrogens with zero attached hydrogens (tertiary/aromatic N) is 5. The number of nitrogens with two attached hydrogens (primary N) is 2. The monoisotopic (exact) mass is 560 g/mol. The Kier molecular flexibility index (Phi) is 10.1. The zero-order valence-electron chi connectivity index (χ0n) is 23.0. The van der Waals surface area contributed by atoms with Crippen molar-refractivity contribution in [2.45, 2.75) is 64.2 Å². The van der Waals surface area contributed by atoms with Gasteiger partial charge in [-0.2, -0.15) is 4.98 Å². The second kappa shape index (κ2) is 12.9. The summed E-state index contributed by atoms with van der Waals surface area (Å²) in [5, 5.41) is 2.75. The van der Waals surface area contributed by atoms with Crippen molar-refractivity contribution in [2.75, 3.05) is 38.0 Å². The number of anilines is 1. The third kappa shape index (κ3) is 7.57. The van der Waals surface area contributed by atoms with Gasteiger partial charge in [0.15, 0.2) is 0 Å². The van der Waals surface area contributed by atoms with Gasteiger partial charge in [-0.15, -0.1) is 12.4 Å². The summed E-state index contributed by atoms with van der Waals surface area (Å²) in [6.45, 7) is 9.39. The number of halogens is 1. The Balaban J connectivity index is 0.00000420. The van der Waals surface area contributed by atoms with Gasteiger partial charge in [0, 0.05) is 38.4 Å². The Morgan fingerprint density at radius 1 is 1.08 bits per heavy atom. The fourth-order valence-electron chi connectivity index (χ4n) is 5.05. The number of piperazine rings is 1. The molecule has 2 aromatic rings. The summed E-state index contributed by atoms with van der Waals surface area (Å²) in [4.78, 5) is 48.3. The molecule has 0 bridgehead atoms. The summed E-state index contributed by atoms with van der Waals surface area (Å²) in [7, 11) is 0. The van der Waals surface area contributed by atoms with Crippen LogP contribution >= 0.6 is 12.4 Å². The molecule has 2 aliphatic rings. The van der Waals surface area contributed by atoms with Crippen LogP contribution in [0.15, 0.2) is 41.3 Å². The highest BCUT2D eigenvalue weighted by molar-refractivity contribution is 5.89. The Morgan fingerprint density at radius 2 is 1.74 bits per heavy atom. The third-order valence-corrected chi connectivity index (χ3v) is 7.34. The van der Waals surface area contributed by atoms with Crippen molar-refractivity contribution in [3.05, 3.63) is 52.6 Å². The van der Waals surface area contributed by atoms with Crippen LogP contribution in [0.2, 0.25) is 0 Å². The number of hydrogen-bond donors (Lipinski definition) is 3. The largest absolute Gasteiger partial charge is 0.354 e. The molecule has 0 saturated carbocycles. The number of aromatic nitrogens is 2. The molecule has 4 rings (SSSR count). The van der Waals surface area contributed by atoms with Gasteiger partial charge in [-0.1, -0.05) is 19.1 Å². The number of benzene rings is 1. The minimum Gasteiger partial charge on any atom is -0.337 e. The van der Waals surface area contributed by atoms with Crippen LogP contribution in [0.3, 0.4) is 0 Å². The van der Waals surface area contributed by atoms with Crippen LogP contribution in [-0.2, 0) is 11.3 Å². The Hall–Kier alpha value is -2.99. The van der Waals surface area contributed by atoms with Gasteiger partial charge in [0.05, 0.1) is 17.3 Å². The molecule has 0 aliphatic carbocycles. The zero-order chi connectivity index (χ0) is 27.4. The van der Waals surface area contributed by atoms with E-state index in [-0.39, 0.29) is 36.2 Å². The molecular formula is C27H41ClN8O3. The first kappa shape index (κ1) is 30.6. The van der Waals surface area contributed by atoms with Crippen molar-refractivity contribution >= 4 is 30.2 Å². The van der Waals surface area contributed by atoms with E-state index in [1.54, 1.807) is 35.9 Å². The number of urea groups is 1. The number of nitrogens with one attached hydrogen (secondary N) is 1. The highest BCUT2D eigenvalue weighted by Crippen LogP contribution is 2.18. The quantitative estimate of drug-likeness (QED) is 0.488. The fraction of sp³-hybridized carbons (Fsp3) is 0.556. The molecule has 2 saturated heterocycles. The van der Waals surface area contributed by atoms with E-state index >= 15 is 0 Å². The maximum atomic E-state index is 13.0. The summed E-state index contributed by atoms with van der Waals surface area (Å²) in [6.07, 6.45) is 4.33. The number of carbonyl (C=O) groups excluding carboxylic acids is 2. The molecule has 2 fully saturated rings. The van der Waals surface area contributed by atoms with Crippen molar-refractivity contribution in [3.8, 4) is 5.69 Å². The van der Waals surface area contributed by atoms with E-state index in [0.717, 1.165) is 32.5 Å². The minimum absolute atomic E-state index is 0. The standard InChI is InChI=1S/C27H40N8O3.ClH/c1-4-21-18-33(24(36)27(2,3)29)15-16-35(21)26(38)31-23-11-14-34(25(37)30-23)22-7-5-19(6-8-22)17-32-12-9-20(28)10-13-32;/h5-8,11,14,20-21H,4,9-10,12-13,15-18,28-29H2,1-3H3,(H,30,31,37,38);1H/t21-;/m1./s1. The molecule has 12 heteroatoms. The number of hydrogen-bond acceptors (Lipinski definition) is 7. The molecule has 0 spiro atoms. The molecule has 39 heavy (non-hydrogen) atoms. The van der Waals surface area contributed by atoms with Gasteiger partial charge >= 0.3 is 11.7 Å². The number of likely N-dealkylation sites (tertiary alicyclic amines) is 1. The topological polar surface area (TPSA) is 143 Å². The highest BCUT2D eigenvalue weighted by Gasteiger charge is 2.35. The first-order valence-electron chi connectivity index (χ1n) is 13.4. The average molecular weight is 561 g/mol. The molecule has 214 valence electrons. The number of piperidine rings is 1. The van der Waals surface area contributed by atoms with Gasteiger partial charge in [0.2, 0.25) is 5.91 Å². The summed E-state index contributed by atoms with van der Waals surface area (Å²) in [5.41, 5.74) is 12.4. The van der Waals surface area contributed by atoms with E-state index in [0.29, 0.717) is 37.8 Å². The lowest BCUT2D eigenvalue weighted by atomic mass is 10.0. The molecule has 3 heterocycles. The van der Waals surface area contributed by atoms with Crippen molar-refractivity contribution in [1.29, 1.82) is 0 Å². The van der Waals surface area contributed by atoms with Gasteiger partial charge in [0.1, 0.15) is 5.82 Å². The lowest BCUT2D eigenvalue weighted by Crippen LogP contribution is -2.61.